The molecular weight excluding hydrogens is 247 g/mol. The molecule has 1 heterocycles. The largest absolute Gasteiger partial charge is 0.318 e. The van der Waals surface area contributed by atoms with Gasteiger partial charge in [0.2, 0.25) is 0 Å². The van der Waals surface area contributed by atoms with E-state index in [4.69, 9.17) is 0 Å². The van der Waals surface area contributed by atoms with E-state index in [-0.39, 0.29) is 0 Å². The second kappa shape index (κ2) is 6.85. The van der Waals surface area contributed by atoms with Crippen LogP contribution in [0.25, 0.3) is 0 Å². The molecule has 0 radical (unpaired) electrons. The van der Waals surface area contributed by atoms with E-state index in [2.05, 4.69) is 72.7 Å². The fourth-order valence-electron chi connectivity index (χ4n) is 5.14. The van der Waals surface area contributed by atoms with Crippen molar-refractivity contribution in [3.8, 4) is 0 Å². The molecule has 7 heteroatoms. The molecule has 0 aromatic carbocycles. The van der Waals surface area contributed by atoms with Crippen LogP contribution in [0.1, 0.15) is 59.3 Å². The third-order valence-corrected chi connectivity index (χ3v) is 7.00. The highest BCUT2D eigenvalue weighted by Gasteiger charge is 2.57. The van der Waals surface area contributed by atoms with Gasteiger partial charge in [0.05, 0.1) is 0 Å². The van der Waals surface area contributed by atoms with Gasteiger partial charge in [-0.25, -0.2) is 0 Å². The fourth-order valence-corrected chi connectivity index (χ4v) is 5.14. The molecule has 1 fully saturated rings. The Morgan fingerprint density at radius 2 is 1.38 bits per heavy atom. The lowest BCUT2D eigenvalue weighted by atomic mass is 9.42. The van der Waals surface area contributed by atoms with E-state index in [0.717, 1.165) is 11.6 Å². The molecule has 0 spiro atoms. The molecule has 1 aliphatic rings. The molecule has 3 atom stereocenters. The SMILES string of the molecule is BC1C(B)C(B)(B)N(C(C)(CC)CCCCCC)C1(B)B. The van der Waals surface area contributed by atoms with Gasteiger partial charge >= 0.3 is 0 Å². The highest BCUT2D eigenvalue weighted by Crippen LogP contribution is 2.53. The maximum atomic E-state index is 2.90. The molecule has 0 aliphatic carbocycles. The van der Waals surface area contributed by atoms with Gasteiger partial charge in [0, 0.05) is 5.54 Å². The summed E-state index contributed by atoms with van der Waals surface area (Å²) in [5.74, 6) is 1.49. The monoisotopic (exact) mass is 283 g/mol. The lowest BCUT2D eigenvalue weighted by Crippen LogP contribution is -2.66. The van der Waals surface area contributed by atoms with Crippen molar-refractivity contribution in [3.63, 3.8) is 0 Å². The lowest BCUT2D eigenvalue weighted by Gasteiger charge is -2.55. The Labute approximate surface area is 139 Å². The average Bonchev–Trinajstić information content (AvgIpc) is 2.52. The number of rotatable bonds is 7. The van der Waals surface area contributed by atoms with Crippen LogP contribution in [-0.2, 0) is 0 Å². The Kier molecular flexibility index (Phi) is 6.33. The van der Waals surface area contributed by atoms with Gasteiger partial charge in [-0.2, -0.15) is 0 Å². The van der Waals surface area contributed by atoms with Crippen LogP contribution in [-0.4, -0.2) is 68.2 Å². The van der Waals surface area contributed by atoms with Crippen LogP contribution in [0.15, 0.2) is 0 Å². The third kappa shape index (κ3) is 3.48. The second-order valence-electron chi connectivity index (χ2n) is 8.88. The van der Waals surface area contributed by atoms with Crippen LogP contribution < -0.4 is 0 Å². The average molecular weight is 282 g/mol. The molecule has 0 amide bonds. The Morgan fingerprint density at radius 1 is 0.905 bits per heavy atom. The van der Waals surface area contributed by atoms with Crippen molar-refractivity contribution in [3.05, 3.63) is 0 Å². The number of nitrogens with zero attached hydrogens (tertiary/aromatic N) is 1. The van der Waals surface area contributed by atoms with Crippen molar-refractivity contribution < 1.29 is 0 Å². The molecule has 1 saturated heterocycles. The van der Waals surface area contributed by atoms with E-state index < -0.39 is 0 Å². The predicted octanol–water partition coefficient (Wildman–Crippen LogP) is -1.88. The molecule has 0 saturated carbocycles. The predicted molar refractivity (Wildman–Crippen MR) is 114 cm³/mol. The summed E-state index contributed by atoms with van der Waals surface area (Å²) in [4.78, 5) is 2.90. The molecule has 1 nitrogen and oxygen atoms in total. The Hall–Kier alpha value is 0.350. The maximum absolute atomic E-state index is 2.90. The third-order valence-electron chi connectivity index (χ3n) is 7.00. The van der Waals surface area contributed by atoms with Gasteiger partial charge in [-0.05, 0) is 30.4 Å². The Morgan fingerprint density at radius 3 is 1.76 bits per heavy atom. The molecule has 21 heavy (non-hydrogen) atoms. The van der Waals surface area contributed by atoms with E-state index in [1.807, 2.05) is 0 Å². The van der Waals surface area contributed by atoms with Gasteiger partial charge in [0.1, 0.15) is 47.1 Å². The lowest BCUT2D eigenvalue weighted by molar-refractivity contribution is 0.0593. The zero-order valence-corrected chi connectivity index (χ0v) is 16.3. The number of hydrogen-bond acceptors (Lipinski definition) is 1. The minimum absolute atomic E-state index is 0.290. The molecule has 1 rings (SSSR count). The topological polar surface area (TPSA) is 3.24 Å². The van der Waals surface area contributed by atoms with Crippen molar-refractivity contribution in [2.45, 2.75) is 87.1 Å². The quantitative estimate of drug-likeness (QED) is 0.390. The summed E-state index contributed by atoms with van der Waals surface area (Å²) in [6.45, 7) is 7.21. The highest BCUT2D eigenvalue weighted by atomic mass is 15.3. The van der Waals surface area contributed by atoms with Crippen LogP contribution in [0.3, 0.4) is 0 Å². The van der Waals surface area contributed by atoms with Crippen molar-refractivity contribution >= 4 is 47.1 Å². The van der Waals surface area contributed by atoms with E-state index in [9.17, 15) is 0 Å². The highest BCUT2D eigenvalue weighted by molar-refractivity contribution is 6.52. The minimum Gasteiger partial charge on any atom is -0.318 e. The molecule has 3 unspecified atom stereocenters. The summed E-state index contributed by atoms with van der Waals surface area (Å²) in [5.41, 5.74) is 0.333. The standard InChI is InChI=1S/C14H35B6N/c1-4-6-7-8-9-12(3,5-2)21-13(17,18)10(15)11(16)14(21,19)20/h10-11H,4-9,15-20H2,1-3H3. The zero-order valence-electron chi connectivity index (χ0n) is 16.3. The zero-order chi connectivity index (χ0) is 16.5. The van der Waals surface area contributed by atoms with Crippen molar-refractivity contribution in [1.82, 2.24) is 4.90 Å². The number of unbranched alkanes of at least 4 members (excludes halogenated alkanes) is 3. The first-order chi connectivity index (χ1) is 9.55. The smallest absolute Gasteiger partial charge is 0.116 e. The summed E-state index contributed by atoms with van der Waals surface area (Å²) in [6.07, 6.45) is 8.09. The van der Waals surface area contributed by atoms with Gasteiger partial charge in [-0.15, -0.1) is 0 Å². The first-order valence-electron chi connectivity index (χ1n) is 9.36. The second-order valence-corrected chi connectivity index (χ2v) is 8.88. The van der Waals surface area contributed by atoms with Gasteiger partial charge in [-0.1, -0.05) is 51.2 Å². The summed E-state index contributed by atoms with van der Waals surface area (Å²) < 4.78 is 0. The molecule has 114 valence electrons. The molecule has 0 bridgehead atoms. The van der Waals surface area contributed by atoms with E-state index in [1.54, 1.807) is 0 Å². The van der Waals surface area contributed by atoms with Gasteiger partial charge in [-0.3, -0.25) is 0 Å². The van der Waals surface area contributed by atoms with Gasteiger partial charge in [0.25, 0.3) is 0 Å². The normalized spacial score (nSPS) is 31.0. The Balaban J connectivity index is 3.01. The molecule has 0 aromatic rings. The van der Waals surface area contributed by atoms with E-state index in [1.165, 1.54) is 38.5 Å². The van der Waals surface area contributed by atoms with Crippen LogP contribution in [0.5, 0.6) is 0 Å². The summed E-state index contributed by atoms with van der Waals surface area (Å²) in [5, 5.41) is 0.580. The van der Waals surface area contributed by atoms with E-state index in [0.29, 0.717) is 16.2 Å². The first kappa shape index (κ1) is 19.4. The molecule has 0 N–H and O–H groups in total. The number of likely N-dealkylation sites (tertiary alicyclic amines) is 1. The fraction of sp³-hybridized carbons (Fsp3) is 1.00. The summed E-state index contributed by atoms with van der Waals surface area (Å²) in [7, 11) is 14.8. The molecular formula is C14H35B6N. The van der Waals surface area contributed by atoms with Crippen LogP contribution in [0, 0.1) is 0 Å². The van der Waals surface area contributed by atoms with Crippen molar-refractivity contribution in [2.75, 3.05) is 0 Å². The summed E-state index contributed by atoms with van der Waals surface area (Å²) >= 11 is 0. The van der Waals surface area contributed by atoms with Crippen LogP contribution in [0.4, 0.5) is 0 Å². The summed E-state index contributed by atoms with van der Waals surface area (Å²) in [6, 6.07) is 0. The van der Waals surface area contributed by atoms with E-state index >= 15 is 0 Å². The van der Waals surface area contributed by atoms with Gasteiger partial charge < -0.3 is 4.90 Å². The van der Waals surface area contributed by atoms with Crippen LogP contribution in [0.2, 0.25) is 11.6 Å². The molecule has 0 aromatic heterocycles. The van der Waals surface area contributed by atoms with Crippen LogP contribution >= 0.6 is 0 Å². The van der Waals surface area contributed by atoms with Crippen molar-refractivity contribution in [1.29, 1.82) is 0 Å². The van der Waals surface area contributed by atoms with Crippen molar-refractivity contribution in [2.24, 2.45) is 0 Å². The van der Waals surface area contributed by atoms with Gasteiger partial charge in [0.15, 0.2) is 0 Å². The molecule has 1 aliphatic heterocycles. The Bertz CT molecular complexity index is 328. The number of hydrogen-bond donors (Lipinski definition) is 0. The maximum Gasteiger partial charge on any atom is 0.116 e. The minimum atomic E-state index is 0.290. The first-order valence-corrected chi connectivity index (χ1v) is 9.36.